The number of fused-ring (bicyclic) bond motifs is 3. The van der Waals surface area contributed by atoms with Crippen molar-refractivity contribution in [3.05, 3.63) is 11.8 Å². The van der Waals surface area contributed by atoms with Crippen molar-refractivity contribution in [2.75, 3.05) is 0 Å². The SMILES string of the molecule is CC(=O)[C@@]1(S(=O)C2CCCCC2)C[C@H]2C(=C[C@@H]1C)O[C@@H]1OC(C)(C)O[C@@H]12. The fourth-order valence-corrected chi connectivity index (χ4v) is 7.64. The molecule has 6 atom stereocenters. The van der Waals surface area contributed by atoms with Crippen LogP contribution >= 0.6 is 0 Å². The van der Waals surface area contributed by atoms with Crippen molar-refractivity contribution >= 4 is 16.6 Å². The molecule has 0 spiro atoms. The summed E-state index contributed by atoms with van der Waals surface area (Å²) < 4.78 is 30.8. The lowest BCUT2D eigenvalue weighted by Crippen LogP contribution is -2.54. The van der Waals surface area contributed by atoms with Gasteiger partial charge in [-0.25, -0.2) is 0 Å². The van der Waals surface area contributed by atoms with Crippen LogP contribution < -0.4 is 0 Å². The molecule has 2 saturated heterocycles. The molecule has 4 rings (SSSR count). The summed E-state index contributed by atoms with van der Waals surface area (Å²) in [4.78, 5) is 12.9. The Labute approximate surface area is 158 Å². The molecule has 146 valence electrons. The highest BCUT2D eigenvalue weighted by molar-refractivity contribution is 7.88. The number of allylic oxidation sites excluding steroid dienone is 1. The molecule has 2 aliphatic heterocycles. The van der Waals surface area contributed by atoms with E-state index in [1.807, 2.05) is 26.8 Å². The van der Waals surface area contributed by atoms with Gasteiger partial charge in [0, 0.05) is 22.0 Å². The molecule has 1 saturated carbocycles. The van der Waals surface area contributed by atoms with Gasteiger partial charge < -0.3 is 14.2 Å². The molecule has 0 aromatic carbocycles. The maximum atomic E-state index is 13.7. The first-order valence-corrected chi connectivity index (χ1v) is 11.1. The van der Waals surface area contributed by atoms with Gasteiger partial charge in [-0.05, 0) is 46.1 Å². The van der Waals surface area contributed by atoms with Gasteiger partial charge in [0.15, 0.2) is 5.79 Å². The second-order valence-corrected chi connectivity index (χ2v) is 10.7. The van der Waals surface area contributed by atoms with Gasteiger partial charge in [-0.3, -0.25) is 9.00 Å². The van der Waals surface area contributed by atoms with Gasteiger partial charge in [0.05, 0.1) is 5.92 Å². The number of rotatable bonds is 3. The van der Waals surface area contributed by atoms with Gasteiger partial charge in [-0.1, -0.05) is 26.2 Å². The lowest BCUT2D eigenvalue weighted by molar-refractivity contribution is -0.187. The highest BCUT2D eigenvalue weighted by Gasteiger charge is 2.61. The van der Waals surface area contributed by atoms with Crippen LogP contribution in [0, 0.1) is 11.8 Å². The highest BCUT2D eigenvalue weighted by atomic mass is 32.2. The first kappa shape index (κ1) is 18.6. The maximum Gasteiger partial charge on any atom is 0.229 e. The molecule has 2 aliphatic carbocycles. The third-order valence-corrected chi connectivity index (χ3v) is 9.21. The molecule has 0 bridgehead atoms. The van der Waals surface area contributed by atoms with Crippen LogP contribution in [0.4, 0.5) is 0 Å². The van der Waals surface area contributed by atoms with E-state index in [0.29, 0.717) is 6.42 Å². The summed E-state index contributed by atoms with van der Waals surface area (Å²) in [7, 11) is -1.19. The second kappa shape index (κ2) is 6.42. The number of hydrogen-bond donors (Lipinski definition) is 0. The largest absolute Gasteiger partial charge is 0.466 e. The zero-order valence-corrected chi connectivity index (χ0v) is 17.0. The number of carbonyl (C=O) groups is 1. The smallest absolute Gasteiger partial charge is 0.229 e. The summed E-state index contributed by atoms with van der Waals surface area (Å²) in [5.41, 5.74) is 0. The van der Waals surface area contributed by atoms with Crippen molar-refractivity contribution in [3.8, 4) is 0 Å². The maximum absolute atomic E-state index is 13.7. The van der Waals surface area contributed by atoms with Crippen LogP contribution in [0.5, 0.6) is 0 Å². The fraction of sp³-hybridized carbons (Fsp3) is 0.850. The van der Waals surface area contributed by atoms with E-state index in [-0.39, 0.29) is 29.0 Å². The van der Waals surface area contributed by atoms with E-state index in [1.54, 1.807) is 6.92 Å². The normalized spacial score (nSPS) is 43.2. The summed E-state index contributed by atoms with van der Waals surface area (Å²) in [6.07, 6.45) is 7.24. The van der Waals surface area contributed by atoms with Crippen LogP contribution in [-0.4, -0.2) is 38.2 Å². The first-order valence-electron chi connectivity index (χ1n) is 9.90. The molecule has 0 aromatic rings. The lowest BCUT2D eigenvalue weighted by atomic mass is 9.75. The van der Waals surface area contributed by atoms with Gasteiger partial charge in [0.2, 0.25) is 6.29 Å². The van der Waals surface area contributed by atoms with Crippen LogP contribution in [-0.2, 0) is 29.8 Å². The van der Waals surface area contributed by atoms with Crippen molar-refractivity contribution in [2.24, 2.45) is 11.8 Å². The molecule has 2 heterocycles. The minimum atomic E-state index is -1.19. The average Bonchev–Trinajstić information content (AvgIpc) is 3.05. The van der Waals surface area contributed by atoms with Crippen molar-refractivity contribution < 1.29 is 23.2 Å². The molecule has 0 aromatic heterocycles. The molecule has 5 nitrogen and oxygen atoms in total. The van der Waals surface area contributed by atoms with Gasteiger partial charge >= 0.3 is 0 Å². The van der Waals surface area contributed by atoms with Crippen LogP contribution in [0.3, 0.4) is 0 Å². The molecule has 6 heteroatoms. The highest BCUT2D eigenvalue weighted by Crippen LogP contribution is 2.52. The number of carbonyl (C=O) groups excluding carboxylic acids is 1. The molecule has 4 aliphatic rings. The predicted molar refractivity (Wildman–Crippen MR) is 98.7 cm³/mol. The second-order valence-electron chi connectivity index (χ2n) is 8.76. The summed E-state index contributed by atoms with van der Waals surface area (Å²) in [6.45, 7) is 7.37. The number of ketones is 1. The van der Waals surface area contributed by atoms with Gasteiger partial charge in [-0.15, -0.1) is 0 Å². The van der Waals surface area contributed by atoms with E-state index in [1.165, 1.54) is 6.42 Å². The molecule has 1 unspecified atom stereocenters. The summed E-state index contributed by atoms with van der Waals surface area (Å²) in [5.74, 6) is 0.0207. The minimum Gasteiger partial charge on any atom is -0.466 e. The Morgan fingerprint density at radius 2 is 1.88 bits per heavy atom. The third kappa shape index (κ3) is 2.80. The van der Waals surface area contributed by atoms with Crippen molar-refractivity contribution in [2.45, 2.75) is 94.4 Å². The van der Waals surface area contributed by atoms with E-state index >= 15 is 0 Å². The zero-order valence-electron chi connectivity index (χ0n) is 16.2. The Hall–Kier alpha value is -0.720. The average molecular weight is 383 g/mol. The summed E-state index contributed by atoms with van der Waals surface area (Å²) >= 11 is 0. The third-order valence-electron chi connectivity index (χ3n) is 6.59. The zero-order chi connectivity index (χ0) is 18.7. The van der Waals surface area contributed by atoms with Crippen molar-refractivity contribution in [1.29, 1.82) is 0 Å². The Bertz CT molecular complexity index is 651. The number of hydrogen-bond acceptors (Lipinski definition) is 5. The Kier molecular flexibility index (Phi) is 4.60. The van der Waals surface area contributed by atoms with Crippen molar-refractivity contribution in [3.63, 3.8) is 0 Å². The topological polar surface area (TPSA) is 61.8 Å². The van der Waals surface area contributed by atoms with E-state index < -0.39 is 27.6 Å². The number of ether oxygens (including phenoxy) is 3. The van der Waals surface area contributed by atoms with Gasteiger partial charge in [-0.2, -0.15) is 0 Å². The van der Waals surface area contributed by atoms with Crippen LogP contribution in [0.2, 0.25) is 0 Å². The Morgan fingerprint density at radius 3 is 2.54 bits per heavy atom. The van der Waals surface area contributed by atoms with E-state index in [2.05, 4.69) is 0 Å². The monoisotopic (exact) mass is 382 g/mol. The summed E-state index contributed by atoms with van der Waals surface area (Å²) in [5, 5.41) is 0.125. The van der Waals surface area contributed by atoms with Gasteiger partial charge in [0.1, 0.15) is 22.4 Å². The quantitative estimate of drug-likeness (QED) is 0.748. The molecule has 0 N–H and O–H groups in total. The lowest BCUT2D eigenvalue weighted by Gasteiger charge is -2.43. The number of Topliss-reactive ketones (excluding diaryl/α,β-unsaturated/α-hetero) is 1. The van der Waals surface area contributed by atoms with E-state index in [0.717, 1.165) is 31.4 Å². The minimum absolute atomic E-state index is 0.0332. The van der Waals surface area contributed by atoms with E-state index in [4.69, 9.17) is 14.2 Å². The molecule has 26 heavy (non-hydrogen) atoms. The van der Waals surface area contributed by atoms with E-state index in [9.17, 15) is 9.00 Å². The van der Waals surface area contributed by atoms with Gasteiger partial charge in [0.25, 0.3) is 0 Å². The van der Waals surface area contributed by atoms with Crippen LogP contribution in [0.25, 0.3) is 0 Å². The molecule has 0 radical (unpaired) electrons. The Balaban J connectivity index is 1.66. The molecular weight excluding hydrogens is 352 g/mol. The molecule has 3 fully saturated rings. The van der Waals surface area contributed by atoms with Crippen LogP contribution in [0.15, 0.2) is 11.8 Å². The van der Waals surface area contributed by atoms with Crippen LogP contribution in [0.1, 0.15) is 66.2 Å². The predicted octanol–water partition coefficient (Wildman–Crippen LogP) is 3.44. The molecule has 0 amide bonds. The molecular formula is C20H30O5S. The standard InChI is InChI=1S/C20H30O5S/c1-12-10-16-15(17-18(23-16)25-19(3,4)24-17)11-20(12,13(2)21)26(22)14-8-6-5-7-9-14/h10,12,14-15,17-18H,5-9,11H2,1-4H3/t12-,15-,17+,18+,20+,26?/m0/s1. The van der Waals surface area contributed by atoms with Crippen molar-refractivity contribution in [1.82, 2.24) is 0 Å². The Morgan fingerprint density at radius 1 is 1.19 bits per heavy atom. The first-order chi connectivity index (χ1) is 12.2. The summed E-state index contributed by atoms with van der Waals surface area (Å²) in [6, 6.07) is 0. The fourth-order valence-electron chi connectivity index (χ4n) is 5.23.